The summed E-state index contributed by atoms with van der Waals surface area (Å²) in [5, 5.41) is 7.64. The van der Waals surface area contributed by atoms with Crippen molar-refractivity contribution in [1.82, 2.24) is 9.62 Å². The smallest absolute Gasteiger partial charge is 0.490 e. The zero-order valence-corrected chi connectivity index (χ0v) is 31.5. The van der Waals surface area contributed by atoms with Gasteiger partial charge >= 0.3 is 12.1 Å². The molecule has 4 N–H and O–H groups in total. The van der Waals surface area contributed by atoms with Gasteiger partial charge in [-0.3, -0.25) is 4.79 Å². The van der Waals surface area contributed by atoms with Crippen molar-refractivity contribution in [2.45, 2.75) is 98.9 Å². The highest BCUT2D eigenvalue weighted by molar-refractivity contribution is 7.89. The molecular formula is C38H43ClF5N3O7S. The second-order valence-electron chi connectivity index (χ2n) is 14.1. The van der Waals surface area contributed by atoms with E-state index in [9.17, 15) is 26.4 Å². The van der Waals surface area contributed by atoms with Crippen LogP contribution in [0.25, 0.3) is 11.1 Å². The number of nitrogens with one attached hydrogen (secondary N) is 1. The van der Waals surface area contributed by atoms with Crippen molar-refractivity contribution in [3.63, 3.8) is 0 Å². The number of fused-ring (bicyclic) bond motifs is 2. The number of halogens is 6. The number of alkyl halides is 5. The molecule has 300 valence electrons. The van der Waals surface area contributed by atoms with E-state index in [0.29, 0.717) is 60.1 Å². The van der Waals surface area contributed by atoms with E-state index in [-0.39, 0.29) is 28.8 Å². The normalized spacial score (nSPS) is 20.9. The molecule has 3 aromatic carbocycles. The molecule has 2 heterocycles. The molecule has 2 bridgehead atoms. The molecule has 10 nitrogen and oxygen atoms in total. The Labute approximate surface area is 321 Å². The van der Waals surface area contributed by atoms with Gasteiger partial charge in [0.2, 0.25) is 15.9 Å². The number of hydrogen-bond donors (Lipinski definition) is 3. The number of carbonyl (C=O) groups is 2. The third-order valence-corrected chi connectivity index (χ3v) is 11.9. The molecule has 3 fully saturated rings. The number of nitrogens with two attached hydrogens (primary N) is 1. The largest absolute Gasteiger partial charge is 0.496 e. The van der Waals surface area contributed by atoms with Crippen LogP contribution in [0.1, 0.15) is 63.4 Å². The molecule has 1 saturated carbocycles. The zero-order valence-electron chi connectivity index (χ0n) is 29.9. The van der Waals surface area contributed by atoms with Gasteiger partial charge in [-0.25, -0.2) is 13.2 Å². The van der Waals surface area contributed by atoms with Gasteiger partial charge in [0.05, 0.1) is 18.6 Å². The maximum Gasteiger partial charge on any atom is 0.490 e. The summed E-state index contributed by atoms with van der Waals surface area (Å²) in [6, 6.07) is 13.0. The number of benzene rings is 3. The van der Waals surface area contributed by atoms with Crippen LogP contribution in [-0.4, -0.2) is 74.4 Å². The Morgan fingerprint density at radius 3 is 2.05 bits per heavy atom. The van der Waals surface area contributed by atoms with Crippen LogP contribution in [-0.2, 0) is 25.5 Å². The molecule has 2 saturated heterocycles. The molecule has 55 heavy (non-hydrogen) atoms. The van der Waals surface area contributed by atoms with Gasteiger partial charge in [-0.1, -0.05) is 55.1 Å². The first kappa shape index (κ1) is 42.2. The third-order valence-electron chi connectivity index (χ3n) is 10.2. The molecule has 1 aliphatic carbocycles. The van der Waals surface area contributed by atoms with Crippen LogP contribution in [0, 0.1) is 5.92 Å². The SMILES string of the molecule is COc1cc(C(F)(F)[C@H](NS(=O)(=O)c2ccc(OCC3CCCCC3)cc2)C(=O)N2C3CCC2CC(N)C3)ccc1-c1ccc(Cl)cc1.O=C(O)C(F)(F)F. The lowest BCUT2D eigenvalue weighted by Gasteiger charge is -2.41. The maximum atomic E-state index is 16.8. The Bertz CT molecular complexity index is 1900. The van der Waals surface area contributed by atoms with E-state index in [1.165, 1.54) is 67.7 Å². The van der Waals surface area contributed by atoms with Gasteiger partial charge < -0.3 is 25.2 Å². The van der Waals surface area contributed by atoms with E-state index in [0.717, 1.165) is 18.9 Å². The first-order valence-corrected chi connectivity index (χ1v) is 19.7. The topological polar surface area (TPSA) is 148 Å². The minimum Gasteiger partial charge on any atom is -0.496 e. The van der Waals surface area contributed by atoms with Crippen LogP contribution in [0.4, 0.5) is 22.0 Å². The minimum atomic E-state index is -5.08. The summed E-state index contributed by atoms with van der Waals surface area (Å²) in [7, 11) is -3.22. The Morgan fingerprint density at radius 2 is 1.51 bits per heavy atom. The number of carbonyl (C=O) groups excluding carboxylic acids is 1. The quantitative estimate of drug-likeness (QED) is 0.168. The molecule has 6 rings (SSSR count). The van der Waals surface area contributed by atoms with Crippen molar-refractivity contribution >= 4 is 33.5 Å². The second kappa shape index (κ2) is 17.4. The van der Waals surface area contributed by atoms with E-state index in [4.69, 9.17) is 36.7 Å². The Morgan fingerprint density at radius 1 is 0.927 bits per heavy atom. The number of methoxy groups -OCH3 is 1. The predicted octanol–water partition coefficient (Wildman–Crippen LogP) is 7.53. The Kier molecular flexibility index (Phi) is 13.4. The molecule has 2 unspecified atom stereocenters. The second-order valence-corrected chi connectivity index (χ2v) is 16.2. The highest BCUT2D eigenvalue weighted by atomic mass is 35.5. The summed E-state index contributed by atoms with van der Waals surface area (Å²) >= 11 is 6.03. The molecule has 0 spiro atoms. The number of hydrogen-bond acceptors (Lipinski definition) is 7. The molecule has 3 aromatic rings. The van der Waals surface area contributed by atoms with Gasteiger partial charge in [-0.2, -0.15) is 26.7 Å². The van der Waals surface area contributed by atoms with Crippen molar-refractivity contribution < 1.29 is 54.5 Å². The predicted molar refractivity (Wildman–Crippen MR) is 195 cm³/mol. The molecule has 17 heteroatoms. The van der Waals surface area contributed by atoms with E-state index in [1.54, 1.807) is 24.3 Å². The summed E-state index contributed by atoms with van der Waals surface area (Å²) < 4.78 is 106. The fraction of sp³-hybridized carbons (Fsp3) is 0.474. The number of carboxylic acids is 1. The lowest BCUT2D eigenvalue weighted by Crippen LogP contribution is -2.60. The number of aliphatic carboxylic acids is 1. The number of ether oxygens (including phenoxy) is 2. The van der Waals surface area contributed by atoms with Crippen molar-refractivity contribution in [2.75, 3.05) is 13.7 Å². The fourth-order valence-electron chi connectivity index (χ4n) is 7.45. The average Bonchev–Trinajstić information content (AvgIpc) is 3.43. The van der Waals surface area contributed by atoms with Crippen LogP contribution in [0.5, 0.6) is 11.5 Å². The Hall–Kier alpha value is -3.99. The van der Waals surface area contributed by atoms with Gasteiger partial charge in [0.1, 0.15) is 11.5 Å². The Balaban J connectivity index is 0.000000757. The summed E-state index contributed by atoms with van der Waals surface area (Å²) in [5.41, 5.74) is 6.85. The van der Waals surface area contributed by atoms with Crippen molar-refractivity contribution in [1.29, 1.82) is 0 Å². The van der Waals surface area contributed by atoms with Crippen LogP contribution in [0.3, 0.4) is 0 Å². The number of amides is 1. The highest BCUT2D eigenvalue weighted by Crippen LogP contribution is 2.42. The number of piperidine rings is 1. The van der Waals surface area contributed by atoms with E-state index in [2.05, 4.69) is 4.72 Å². The highest BCUT2D eigenvalue weighted by Gasteiger charge is 2.54. The monoisotopic (exact) mass is 815 g/mol. The summed E-state index contributed by atoms with van der Waals surface area (Å²) in [6.07, 6.45) is 2.88. The van der Waals surface area contributed by atoms with Crippen LogP contribution < -0.4 is 19.9 Å². The molecule has 1 amide bonds. The molecule has 2 aliphatic heterocycles. The zero-order chi connectivity index (χ0) is 40.1. The van der Waals surface area contributed by atoms with Crippen molar-refractivity contribution in [2.24, 2.45) is 11.7 Å². The molecule has 0 aromatic heterocycles. The van der Waals surface area contributed by atoms with E-state index < -0.39 is 45.6 Å². The standard InChI is InChI=1S/C36H42ClF2N3O5S.C2HF3O2/c1-46-33-19-25(9-18-32(33)24-7-10-26(37)11-8-24)36(38,39)34(35(43)42-28-12-13-29(42)21-27(40)20-28)41-48(44,45)31-16-14-30(15-17-31)47-22-23-5-3-2-4-6-23;3-2(4,5)1(6)7/h7-11,14-19,23,27-29,34,41H,2-6,12-13,20-22,40H2,1H3;(H,6,7)/t27?,28?,29?,34-;/m1./s1. The lowest BCUT2D eigenvalue weighted by molar-refractivity contribution is -0.192. The summed E-state index contributed by atoms with van der Waals surface area (Å²) in [5.74, 6) is -6.61. The molecule has 3 atom stereocenters. The lowest BCUT2D eigenvalue weighted by atomic mass is 9.90. The van der Waals surface area contributed by atoms with E-state index in [1.807, 2.05) is 0 Å². The summed E-state index contributed by atoms with van der Waals surface area (Å²) in [6.45, 7) is 0.537. The van der Waals surface area contributed by atoms with Crippen molar-refractivity contribution in [3.05, 3.63) is 77.3 Å². The number of sulfonamides is 1. The fourth-order valence-corrected chi connectivity index (χ4v) is 8.76. The number of carboxylic acid groups (broad SMARTS) is 1. The maximum absolute atomic E-state index is 16.8. The van der Waals surface area contributed by atoms with Crippen LogP contribution in [0.2, 0.25) is 5.02 Å². The van der Waals surface area contributed by atoms with Gasteiger partial charge in [-0.05, 0) is 92.5 Å². The number of nitrogens with zero attached hydrogens (tertiary/aromatic N) is 1. The van der Waals surface area contributed by atoms with E-state index >= 15 is 8.78 Å². The van der Waals surface area contributed by atoms with Crippen molar-refractivity contribution in [3.8, 4) is 22.6 Å². The average molecular weight is 816 g/mol. The van der Waals surface area contributed by atoms with Crippen LogP contribution in [0.15, 0.2) is 71.6 Å². The molecular weight excluding hydrogens is 773 g/mol. The van der Waals surface area contributed by atoms with Crippen LogP contribution >= 0.6 is 11.6 Å². The van der Waals surface area contributed by atoms with Gasteiger partial charge in [0.15, 0.2) is 6.04 Å². The third kappa shape index (κ3) is 10.3. The first-order valence-electron chi connectivity index (χ1n) is 17.9. The molecule has 3 aliphatic rings. The minimum absolute atomic E-state index is 0.136. The van der Waals surface area contributed by atoms with Gasteiger partial charge in [-0.15, -0.1) is 0 Å². The summed E-state index contributed by atoms with van der Waals surface area (Å²) in [4.78, 5) is 24.3. The van der Waals surface area contributed by atoms with Gasteiger partial charge in [0.25, 0.3) is 5.92 Å². The van der Waals surface area contributed by atoms with Gasteiger partial charge in [0, 0.05) is 34.3 Å². The number of rotatable bonds is 11. The first-order chi connectivity index (χ1) is 25.9. The molecule has 0 radical (unpaired) electrons.